The number of methoxy groups -OCH3 is 1. The quantitative estimate of drug-likeness (QED) is 0.234. The molecule has 1 N–H and O–H groups in total. The summed E-state index contributed by atoms with van der Waals surface area (Å²) in [6.45, 7) is 6.38. The Labute approximate surface area is 216 Å². The number of fused-ring (bicyclic) bond motifs is 2. The molecule has 0 aliphatic heterocycles. The molecule has 0 spiro atoms. The molecular weight excluding hydrogens is 462 g/mol. The zero-order valence-electron chi connectivity index (χ0n) is 21.4. The lowest BCUT2D eigenvalue weighted by molar-refractivity contribution is -0.111. The predicted octanol–water partition coefficient (Wildman–Crippen LogP) is 8.01. The van der Waals surface area contributed by atoms with Gasteiger partial charge in [-0.25, -0.2) is 0 Å². The van der Waals surface area contributed by atoms with Crippen LogP contribution in [0.4, 0.5) is 5.69 Å². The van der Waals surface area contributed by atoms with Gasteiger partial charge in [-0.05, 0) is 73.0 Å². The maximum absolute atomic E-state index is 12.9. The summed E-state index contributed by atoms with van der Waals surface area (Å²) in [6, 6.07) is 23.9. The van der Waals surface area contributed by atoms with E-state index in [1.807, 2.05) is 63.4 Å². The van der Waals surface area contributed by atoms with E-state index in [0.717, 1.165) is 55.7 Å². The lowest BCUT2D eigenvalue weighted by Gasteiger charge is -2.15. The fourth-order valence-electron chi connectivity index (χ4n) is 4.74. The molecule has 0 saturated carbocycles. The minimum Gasteiger partial charge on any atom is -0.497 e. The van der Waals surface area contributed by atoms with E-state index in [2.05, 4.69) is 41.7 Å². The summed E-state index contributed by atoms with van der Waals surface area (Å²) < 4.78 is 17.3. The summed E-state index contributed by atoms with van der Waals surface area (Å²) in [5.41, 5.74) is 6.15. The van der Waals surface area contributed by atoms with Crippen LogP contribution in [0.1, 0.15) is 25.0 Å². The van der Waals surface area contributed by atoms with E-state index in [1.54, 1.807) is 13.2 Å². The molecule has 186 valence electrons. The normalized spacial score (nSPS) is 11.6. The molecular formula is C32H29NO4. The molecule has 0 fully saturated rings. The lowest BCUT2D eigenvalue weighted by Crippen LogP contribution is -2.09. The smallest absolute Gasteiger partial charge is 0.248 e. The molecule has 5 rings (SSSR count). The van der Waals surface area contributed by atoms with Gasteiger partial charge in [0.25, 0.3) is 0 Å². The van der Waals surface area contributed by atoms with Gasteiger partial charge < -0.3 is 19.2 Å². The van der Waals surface area contributed by atoms with E-state index >= 15 is 0 Å². The maximum atomic E-state index is 12.9. The monoisotopic (exact) mass is 491 g/mol. The molecule has 4 aromatic carbocycles. The topological polar surface area (TPSA) is 60.7 Å². The summed E-state index contributed by atoms with van der Waals surface area (Å²) >= 11 is 0. The Morgan fingerprint density at radius 1 is 0.973 bits per heavy atom. The van der Waals surface area contributed by atoms with Crippen LogP contribution in [0.25, 0.3) is 38.4 Å². The van der Waals surface area contributed by atoms with E-state index in [0.29, 0.717) is 12.3 Å². The zero-order chi connectivity index (χ0) is 25.9. The van der Waals surface area contributed by atoms with Crippen molar-refractivity contribution in [3.8, 4) is 22.6 Å². The lowest BCUT2D eigenvalue weighted by atomic mass is 9.94. The fourth-order valence-corrected chi connectivity index (χ4v) is 4.74. The Morgan fingerprint density at radius 3 is 2.49 bits per heavy atom. The molecule has 0 unspecified atom stereocenters. The number of ether oxygens (including phenoxy) is 2. The summed E-state index contributed by atoms with van der Waals surface area (Å²) in [5, 5.41) is 6.23. The minimum atomic E-state index is -0.218. The number of rotatable bonds is 7. The number of anilines is 1. The van der Waals surface area contributed by atoms with Crippen molar-refractivity contribution in [2.45, 2.75) is 20.8 Å². The second-order valence-electron chi connectivity index (χ2n) is 8.91. The maximum Gasteiger partial charge on any atom is 0.248 e. The van der Waals surface area contributed by atoms with Gasteiger partial charge in [0.15, 0.2) is 0 Å². The zero-order valence-corrected chi connectivity index (χ0v) is 21.4. The Hall–Kier alpha value is -4.51. The van der Waals surface area contributed by atoms with Crippen molar-refractivity contribution >= 4 is 38.9 Å². The number of hydrogen-bond acceptors (Lipinski definition) is 4. The Morgan fingerprint density at radius 2 is 1.73 bits per heavy atom. The molecule has 0 aliphatic carbocycles. The van der Waals surface area contributed by atoms with Crippen molar-refractivity contribution in [1.82, 2.24) is 0 Å². The van der Waals surface area contributed by atoms with Crippen molar-refractivity contribution in [3.05, 3.63) is 96.3 Å². The largest absolute Gasteiger partial charge is 0.497 e. The molecule has 0 saturated heterocycles. The average Bonchev–Trinajstić information content (AvgIpc) is 3.34. The number of allylic oxidation sites excluding steroid dienone is 1. The molecule has 0 radical (unpaired) electrons. The SMILES string of the molecule is CCOc1c(/C(C)=C/C(=O)Nc2ccc(OC)cc2)cc2c(-c3cccc4ccccc34)coc2c1C. The predicted molar refractivity (Wildman–Crippen MR) is 150 cm³/mol. The Kier molecular flexibility index (Phi) is 6.69. The van der Waals surface area contributed by atoms with Crippen LogP contribution >= 0.6 is 0 Å². The number of benzene rings is 4. The standard InChI is InChI=1S/C32H29NO4/c1-5-36-31-21(3)32-28(29(19-37-32)26-12-8-10-22-9-6-7-11-25(22)26)18-27(31)20(2)17-30(34)33-23-13-15-24(35-4)16-14-23/h6-19H,5H2,1-4H3,(H,33,34)/b20-17+. The number of furan rings is 1. The third-order valence-corrected chi connectivity index (χ3v) is 6.54. The van der Waals surface area contributed by atoms with Gasteiger partial charge in [-0.15, -0.1) is 0 Å². The molecule has 0 bridgehead atoms. The van der Waals surface area contributed by atoms with E-state index in [1.165, 1.54) is 5.39 Å². The van der Waals surface area contributed by atoms with E-state index in [-0.39, 0.29) is 5.91 Å². The number of aryl methyl sites for hydroxylation is 1. The van der Waals surface area contributed by atoms with Crippen molar-refractivity contribution < 1.29 is 18.7 Å². The van der Waals surface area contributed by atoms with Crippen LogP contribution in [0.2, 0.25) is 0 Å². The van der Waals surface area contributed by atoms with Crippen LogP contribution in [-0.4, -0.2) is 19.6 Å². The van der Waals surface area contributed by atoms with Gasteiger partial charge in [0.2, 0.25) is 5.91 Å². The van der Waals surface area contributed by atoms with Crippen LogP contribution in [0.3, 0.4) is 0 Å². The van der Waals surface area contributed by atoms with Gasteiger partial charge in [-0.1, -0.05) is 42.5 Å². The first-order chi connectivity index (χ1) is 18.0. The Bertz CT molecular complexity index is 1620. The summed E-state index contributed by atoms with van der Waals surface area (Å²) in [6.07, 6.45) is 3.42. The molecule has 1 aromatic heterocycles. The van der Waals surface area contributed by atoms with E-state index in [9.17, 15) is 4.79 Å². The first-order valence-electron chi connectivity index (χ1n) is 12.3. The second kappa shape index (κ2) is 10.2. The number of amides is 1. The van der Waals surface area contributed by atoms with Crippen LogP contribution in [-0.2, 0) is 4.79 Å². The van der Waals surface area contributed by atoms with Crippen molar-refractivity contribution in [2.24, 2.45) is 0 Å². The summed E-state index contributed by atoms with van der Waals surface area (Å²) in [5.74, 6) is 1.24. The molecule has 5 aromatic rings. The van der Waals surface area contributed by atoms with Crippen LogP contribution in [0.5, 0.6) is 11.5 Å². The molecule has 0 atom stereocenters. The fraction of sp³-hybridized carbons (Fsp3) is 0.156. The van der Waals surface area contributed by atoms with Gasteiger partial charge in [0.1, 0.15) is 17.1 Å². The van der Waals surface area contributed by atoms with E-state index < -0.39 is 0 Å². The second-order valence-corrected chi connectivity index (χ2v) is 8.91. The van der Waals surface area contributed by atoms with Crippen molar-refractivity contribution in [1.29, 1.82) is 0 Å². The highest BCUT2D eigenvalue weighted by atomic mass is 16.5. The first-order valence-corrected chi connectivity index (χ1v) is 12.3. The van der Waals surface area contributed by atoms with Crippen LogP contribution in [0.15, 0.2) is 89.6 Å². The molecule has 1 amide bonds. The summed E-state index contributed by atoms with van der Waals surface area (Å²) in [4.78, 5) is 12.9. The van der Waals surface area contributed by atoms with E-state index in [4.69, 9.17) is 13.9 Å². The average molecular weight is 492 g/mol. The van der Waals surface area contributed by atoms with Crippen LogP contribution < -0.4 is 14.8 Å². The Balaban J connectivity index is 1.59. The third-order valence-electron chi connectivity index (χ3n) is 6.54. The molecule has 5 nitrogen and oxygen atoms in total. The highest BCUT2D eigenvalue weighted by Crippen LogP contribution is 2.42. The minimum absolute atomic E-state index is 0.218. The van der Waals surface area contributed by atoms with Crippen molar-refractivity contribution in [3.63, 3.8) is 0 Å². The highest BCUT2D eigenvalue weighted by molar-refractivity contribution is 6.08. The number of nitrogens with one attached hydrogen (secondary N) is 1. The number of carbonyl (C=O) groups is 1. The summed E-state index contributed by atoms with van der Waals surface area (Å²) in [7, 11) is 1.61. The number of carbonyl (C=O) groups excluding carboxylic acids is 1. The third kappa shape index (κ3) is 4.68. The molecule has 37 heavy (non-hydrogen) atoms. The first kappa shape index (κ1) is 24.2. The van der Waals surface area contributed by atoms with Crippen molar-refractivity contribution in [2.75, 3.05) is 19.0 Å². The number of hydrogen-bond donors (Lipinski definition) is 1. The van der Waals surface area contributed by atoms with Gasteiger partial charge in [0, 0.05) is 33.8 Å². The van der Waals surface area contributed by atoms with Gasteiger partial charge >= 0.3 is 0 Å². The highest BCUT2D eigenvalue weighted by Gasteiger charge is 2.20. The molecule has 5 heteroatoms. The molecule has 0 aliphatic rings. The van der Waals surface area contributed by atoms with Gasteiger partial charge in [0.05, 0.1) is 20.0 Å². The van der Waals surface area contributed by atoms with Gasteiger partial charge in [-0.2, -0.15) is 0 Å². The van der Waals surface area contributed by atoms with Gasteiger partial charge in [-0.3, -0.25) is 4.79 Å². The van der Waals surface area contributed by atoms with Crippen LogP contribution in [0, 0.1) is 6.92 Å². The molecule has 1 heterocycles.